The largest absolute Gasteiger partial charge is 0.472 e. The summed E-state index contributed by atoms with van der Waals surface area (Å²) in [5.41, 5.74) is 0. The Labute approximate surface area is 568 Å². The highest BCUT2D eigenvalue weighted by Gasteiger charge is 2.30. The number of hydrogen-bond acceptors (Lipinski definition) is 15. The molecule has 0 spiro atoms. The molecule has 0 rings (SSSR count). The molecule has 0 radical (unpaired) electrons. The Morgan fingerprint density at radius 3 is 0.731 bits per heavy atom. The third-order valence-electron chi connectivity index (χ3n) is 17.3. The Hall–Kier alpha value is -1.94. The van der Waals surface area contributed by atoms with Crippen LogP contribution in [0.4, 0.5) is 0 Å². The number of carbonyl (C=O) groups excluding carboxylic acids is 4. The predicted molar refractivity (Wildman–Crippen MR) is 377 cm³/mol. The van der Waals surface area contributed by atoms with E-state index in [1.54, 1.807) is 0 Å². The zero-order valence-electron chi connectivity index (χ0n) is 60.4. The molecule has 0 amide bonds. The number of ether oxygens (including phenoxy) is 4. The van der Waals surface area contributed by atoms with Crippen molar-refractivity contribution in [1.29, 1.82) is 0 Å². The molecule has 3 N–H and O–H groups in total. The number of carbonyl (C=O) groups is 4. The first-order valence-corrected chi connectivity index (χ1v) is 41.6. The average Bonchev–Trinajstić information content (AvgIpc) is 1.96. The molecule has 0 aromatic heterocycles. The number of phosphoric acid groups is 2. The lowest BCUT2D eigenvalue weighted by atomic mass is 10.0. The molecule has 17 nitrogen and oxygen atoms in total. The molecule has 2 unspecified atom stereocenters. The Morgan fingerprint density at radius 2 is 0.495 bits per heavy atom. The molecular weight excluding hydrogens is 1220 g/mol. The molecule has 93 heavy (non-hydrogen) atoms. The molecule has 0 heterocycles. The van der Waals surface area contributed by atoms with Crippen LogP contribution in [0.3, 0.4) is 0 Å². The Kier molecular flexibility index (Phi) is 65.9. The van der Waals surface area contributed by atoms with Gasteiger partial charge in [-0.25, -0.2) is 9.13 Å². The summed E-state index contributed by atoms with van der Waals surface area (Å²) in [6, 6.07) is 0. The molecule has 19 heteroatoms. The third kappa shape index (κ3) is 68.4. The normalized spacial score (nSPS) is 14.0. The number of aliphatic hydroxyl groups excluding tert-OH is 1. The van der Waals surface area contributed by atoms with Crippen molar-refractivity contribution in [2.24, 2.45) is 5.92 Å². The van der Waals surface area contributed by atoms with Gasteiger partial charge in [-0.3, -0.25) is 37.3 Å². The van der Waals surface area contributed by atoms with Gasteiger partial charge < -0.3 is 33.8 Å². The Balaban J connectivity index is 5.11. The number of unbranched alkanes of at least 4 members (excludes halogenated alkanes) is 46. The Morgan fingerprint density at radius 1 is 0.290 bits per heavy atom. The maximum Gasteiger partial charge on any atom is 0.472 e. The minimum absolute atomic E-state index is 0.105. The maximum absolute atomic E-state index is 13.1. The summed E-state index contributed by atoms with van der Waals surface area (Å²) in [6.07, 6.45) is 55.9. The van der Waals surface area contributed by atoms with Crippen LogP contribution in [-0.4, -0.2) is 96.7 Å². The van der Waals surface area contributed by atoms with Crippen molar-refractivity contribution in [1.82, 2.24) is 0 Å². The molecule has 0 bridgehead atoms. The summed E-state index contributed by atoms with van der Waals surface area (Å²) in [7, 11) is -9.89. The second-order valence-electron chi connectivity index (χ2n) is 27.2. The van der Waals surface area contributed by atoms with Crippen molar-refractivity contribution in [2.75, 3.05) is 39.6 Å². The lowest BCUT2D eigenvalue weighted by Gasteiger charge is -2.21. The number of rotatable bonds is 74. The minimum atomic E-state index is -4.95. The molecule has 0 aromatic rings. The summed E-state index contributed by atoms with van der Waals surface area (Å²) >= 11 is 0. The Bertz CT molecular complexity index is 1790. The molecule has 0 aliphatic carbocycles. The first-order valence-electron chi connectivity index (χ1n) is 38.6. The minimum Gasteiger partial charge on any atom is -0.462 e. The summed E-state index contributed by atoms with van der Waals surface area (Å²) in [6.45, 7) is 7.22. The molecule has 0 aliphatic rings. The van der Waals surface area contributed by atoms with Gasteiger partial charge in [-0.1, -0.05) is 336 Å². The van der Waals surface area contributed by atoms with Gasteiger partial charge in [0.1, 0.15) is 19.3 Å². The van der Waals surface area contributed by atoms with E-state index in [-0.39, 0.29) is 25.7 Å². The first-order chi connectivity index (χ1) is 45.0. The zero-order chi connectivity index (χ0) is 68.4. The highest BCUT2D eigenvalue weighted by Crippen LogP contribution is 2.45. The van der Waals surface area contributed by atoms with E-state index < -0.39 is 97.5 Å². The van der Waals surface area contributed by atoms with E-state index >= 15 is 0 Å². The van der Waals surface area contributed by atoms with E-state index in [2.05, 4.69) is 34.6 Å². The second kappa shape index (κ2) is 67.3. The number of aliphatic hydroxyl groups is 1. The van der Waals surface area contributed by atoms with Crippen LogP contribution in [-0.2, 0) is 65.4 Å². The molecule has 0 aromatic carbocycles. The molecule has 0 aliphatic heterocycles. The molecule has 552 valence electrons. The highest BCUT2D eigenvalue weighted by molar-refractivity contribution is 7.47. The van der Waals surface area contributed by atoms with Gasteiger partial charge in [0.05, 0.1) is 26.4 Å². The molecule has 0 saturated heterocycles. The fraction of sp³-hybridized carbons (Fsp3) is 0.946. The van der Waals surface area contributed by atoms with Crippen LogP contribution in [0.1, 0.15) is 388 Å². The molecule has 0 saturated carbocycles. The first kappa shape index (κ1) is 91.1. The van der Waals surface area contributed by atoms with Gasteiger partial charge in [0.25, 0.3) is 0 Å². The van der Waals surface area contributed by atoms with E-state index in [1.807, 2.05) is 0 Å². The van der Waals surface area contributed by atoms with Crippen molar-refractivity contribution in [2.45, 2.75) is 406 Å². The van der Waals surface area contributed by atoms with Gasteiger partial charge in [-0.15, -0.1) is 0 Å². The number of hydrogen-bond donors (Lipinski definition) is 3. The highest BCUT2D eigenvalue weighted by atomic mass is 31.2. The fourth-order valence-electron chi connectivity index (χ4n) is 11.4. The SMILES string of the molecule is CCCCCCCCCCCCCCCCCCCCCCCCC(=O)O[C@H](COC(=O)CCCCCCCCCCCCCCCC(C)C)COP(=O)(O)OC[C@@H](O)COP(=O)(O)OC[C@@H](COC(=O)CCCCCCCCC)OC(=O)CCCCCCCCCC. The van der Waals surface area contributed by atoms with Crippen LogP contribution in [0.2, 0.25) is 0 Å². The van der Waals surface area contributed by atoms with Crippen molar-refractivity contribution in [3.8, 4) is 0 Å². The summed E-state index contributed by atoms with van der Waals surface area (Å²) in [4.78, 5) is 72.4. The summed E-state index contributed by atoms with van der Waals surface area (Å²) in [5.74, 6) is -1.34. The van der Waals surface area contributed by atoms with Gasteiger partial charge in [0.2, 0.25) is 0 Å². The lowest BCUT2D eigenvalue weighted by molar-refractivity contribution is -0.161. The molecule has 0 fully saturated rings. The summed E-state index contributed by atoms with van der Waals surface area (Å²) in [5, 5.41) is 10.6. The third-order valence-corrected chi connectivity index (χ3v) is 19.2. The average molecular weight is 1370 g/mol. The second-order valence-corrected chi connectivity index (χ2v) is 30.1. The van der Waals surface area contributed by atoms with E-state index in [1.165, 1.54) is 193 Å². The van der Waals surface area contributed by atoms with Crippen LogP contribution >= 0.6 is 15.6 Å². The maximum atomic E-state index is 13.1. The van der Waals surface area contributed by atoms with Gasteiger partial charge in [-0.2, -0.15) is 0 Å². The van der Waals surface area contributed by atoms with Crippen molar-refractivity contribution in [3.05, 3.63) is 0 Å². The van der Waals surface area contributed by atoms with Gasteiger partial charge in [-0.05, 0) is 31.6 Å². The van der Waals surface area contributed by atoms with Crippen LogP contribution in [0, 0.1) is 5.92 Å². The van der Waals surface area contributed by atoms with Gasteiger partial charge in [0.15, 0.2) is 12.2 Å². The standard InChI is InChI=1S/C74H144O17P2/c1-6-9-12-15-18-20-21-22-23-24-25-26-27-28-29-30-33-37-40-45-50-55-60-74(79)91-70(64-85-72(77)58-53-48-44-39-36-34-31-32-35-38-42-46-51-56-67(4)5)66-89-93(82,83)87-62-68(75)61-86-92(80,81)88-65-69(63-84-71(76)57-52-47-41-17-14-11-8-3)90-73(78)59-54-49-43-19-16-13-10-7-2/h67-70,75H,6-66H2,1-5H3,(H,80,81)(H,82,83)/t68-,69+,70+/m0/s1. The molecule has 5 atom stereocenters. The fourth-order valence-corrected chi connectivity index (χ4v) is 12.9. The van der Waals surface area contributed by atoms with E-state index in [0.717, 1.165) is 115 Å². The molecular formula is C74H144O17P2. The lowest BCUT2D eigenvalue weighted by Crippen LogP contribution is -2.30. The van der Waals surface area contributed by atoms with Crippen LogP contribution in [0.5, 0.6) is 0 Å². The van der Waals surface area contributed by atoms with Crippen LogP contribution in [0.25, 0.3) is 0 Å². The number of esters is 4. The monoisotopic (exact) mass is 1370 g/mol. The van der Waals surface area contributed by atoms with Crippen molar-refractivity contribution in [3.63, 3.8) is 0 Å². The summed E-state index contributed by atoms with van der Waals surface area (Å²) < 4.78 is 68.2. The zero-order valence-corrected chi connectivity index (χ0v) is 62.2. The smallest absolute Gasteiger partial charge is 0.462 e. The van der Waals surface area contributed by atoms with Crippen LogP contribution in [0.15, 0.2) is 0 Å². The van der Waals surface area contributed by atoms with Crippen molar-refractivity contribution < 1.29 is 80.2 Å². The number of phosphoric ester groups is 2. The quantitative estimate of drug-likeness (QED) is 0.0222. The van der Waals surface area contributed by atoms with Gasteiger partial charge >= 0.3 is 39.5 Å². The van der Waals surface area contributed by atoms with Crippen LogP contribution < -0.4 is 0 Å². The van der Waals surface area contributed by atoms with Crippen molar-refractivity contribution >= 4 is 39.5 Å². The topological polar surface area (TPSA) is 237 Å². The van der Waals surface area contributed by atoms with E-state index in [4.69, 9.17) is 37.0 Å². The van der Waals surface area contributed by atoms with E-state index in [9.17, 15) is 43.2 Å². The van der Waals surface area contributed by atoms with E-state index in [0.29, 0.717) is 25.7 Å². The van der Waals surface area contributed by atoms with Gasteiger partial charge in [0, 0.05) is 25.7 Å². The predicted octanol–water partition coefficient (Wildman–Crippen LogP) is 21.7.